The zero-order chi connectivity index (χ0) is 14.5. The maximum Gasteiger partial charge on any atom is 0.320 e. The van der Waals surface area contributed by atoms with Crippen LogP contribution < -0.4 is 0 Å². The number of likely N-dealkylation sites (tertiary alicyclic amines) is 2. The van der Waals surface area contributed by atoms with Gasteiger partial charge < -0.3 is 14.9 Å². The van der Waals surface area contributed by atoms with E-state index in [1.165, 1.54) is 6.42 Å². The predicted molar refractivity (Wildman–Crippen MR) is 76.6 cm³/mol. The molecule has 0 aromatic carbocycles. The van der Waals surface area contributed by atoms with E-state index in [9.17, 15) is 9.59 Å². The fourth-order valence-corrected chi connectivity index (χ4v) is 3.50. The number of nitrogens with zero attached hydrogens (tertiary/aromatic N) is 2. The Kier molecular flexibility index (Phi) is 5.26. The van der Waals surface area contributed by atoms with Crippen LogP contribution in [0.4, 0.5) is 4.79 Å². The lowest BCUT2D eigenvalue weighted by atomic mass is 10.00. The molecule has 5 heteroatoms. The number of aliphatic carboxylic acids is 1. The molecule has 20 heavy (non-hydrogen) atoms. The standard InChI is InChI=1S/C15H26N2O3/c1-2-5-12-7-9-16(11-12)15(20)17-8-4-3-6-13(17)10-14(18)19/h12-13H,2-11H2,1H3,(H,18,19). The van der Waals surface area contributed by atoms with Crippen molar-refractivity contribution in [3.63, 3.8) is 0 Å². The molecule has 2 saturated heterocycles. The Hall–Kier alpha value is -1.26. The van der Waals surface area contributed by atoms with Gasteiger partial charge in [0.05, 0.1) is 6.42 Å². The molecule has 0 radical (unpaired) electrons. The third-order valence-electron chi connectivity index (χ3n) is 4.54. The maximum atomic E-state index is 12.6. The van der Waals surface area contributed by atoms with Crippen molar-refractivity contribution in [2.45, 2.75) is 57.9 Å². The number of hydrogen-bond donors (Lipinski definition) is 1. The normalized spacial score (nSPS) is 26.9. The lowest BCUT2D eigenvalue weighted by molar-refractivity contribution is -0.138. The van der Waals surface area contributed by atoms with Gasteiger partial charge in [0.25, 0.3) is 0 Å². The van der Waals surface area contributed by atoms with Crippen LogP contribution in [0.5, 0.6) is 0 Å². The highest BCUT2D eigenvalue weighted by Crippen LogP contribution is 2.26. The van der Waals surface area contributed by atoms with Crippen LogP contribution in [0.15, 0.2) is 0 Å². The highest BCUT2D eigenvalue weighted by atomic mass is 16.4. The molecule has 5 nitrogen and oxygen atoms in total. The van der Waals surface area contributed by atoms with Crippen molar-refractivity contribution in [3.05, 3.63) is 0 Å². The van der Waals surface area contributed by atoms with Gasteiger partial charge in [-0.1, -0.05) is 13.3 Å². The summed E-state index contributed by atoms with van der Waals surface area (Å²) in [7, 11) is 0. The summed E-state index contributed by atoms with van der Waals surface area (Å²) >= 11 is 0. The Morgan fingerprint density at radius 3 is 2.70 bits per heavy atom. The van der Waals surface area contributed by atoms with E-state index in [0.29, 0.717) is 12.5 Å². The van der Waals surface area contributed by atoms with Gasteiger partial charge in [-0.3, -0.25) is 4.79 Å². The maximum absolute atomic E-state index is 12.6. The molecular weight excluding hydrogens is 256 g/mol. The summed E-state index contributed by atoms with van der Waals surface area (Å²) in [6, 6.07) is -0.0477. The molecule has 2 aliphatic heterocycles. The monoisotopic (exact) mass is 282 g/mol. The molecule has 0 bridgehead atoms. The number of piperidine rings is 1. The molecule has 2 unspecified atom stereocenters. The number of hydrogen-bond acceptors (Lipinski definition) is 2. The van der Waals surface area contributed by atoms with Crippen LogP contribution in [-0.4, -0.2) is 52.6 Å². The van der Waals surface area contributed by atoms with E-state index in [0.717, 1.165) is 45.2 Å². The van der Waals surface area contributed by atoms with Gasteiger partial charge in [0.1, 0.15) is 0 Å². The van der Waals surface area contributed by atoms with E-state index in [1.807, 2.05) is 9.80 Å². The molecule has 1 N–H and O–H groups in total. The molecule has 0 aromatic heterocycles. The zero-order valence-electron chi connectivity index (χ0n) is 12.4. The highest BCUT2D eigenvalue weighted by Gasteiger charge is 2.34. The minimum Gasteiger partial charge on any atom is -0.481 e. The number of urea groups is 1. The zero-order valence-corrected chi connectivity index (χ0v) is 12.4. The summed E-state index contributed by atoms with van der Waals surface area (Å²) in [5.74, 6) is -0.174. The molecule has 2 heterocycles. The quantitative estimate of drug-likeness (QED) is 0.862. The van der Waals surface area contributed by atoms with Gasteiger partial charge in [0, 0.05) is 25.7 Å². The average molecular weight is 282 g/mol. The second kappa shape index (κ2) is 6.95. The Morgan fingerprint density at radius 1 is 1.20 bits per heavy atom. The van der Waals surface area contributed by atoms with Gasteiger partial charge in [0.2, 0.25) is 0 Å². The average Bonchev–Trinajstić information content (AvgIpc) is 2.87. The molecule has 2 aliphatic rings. The van der Waals surface area contributed by atoms with E-state index in [2.05, 4.69) is 6.92 Å². The summed E-state index contributed by atoms with van der Waals surface area (Å²) in [5.41, 5.74) is 0. The van der Waals surface area contributed by atoms with Gasteiger partial charge in [-0.2, -0.15) is 0 Å². The van der Waals surface area contributed by atoms with Crippen molar-refractivity contribution in [2.75, 3.05) is 19.6 Å². The Bertz CT molecular complexity index is 359. The van der Waals surface area contributed by atoms with Gasteiger partial charge in [-0.15, -0.1) is 0 Å². The van der Waals surface area contributed by atoms with Crippen molar-refractivity contribution in [1.29, 1.82) is 0 Å². The van der Waals surface area contributed by atoms with Crippen LogP contribution in [0.3, 0.4) is 0 Å². The van der Waals surface area contributed by atoms with Gasteiger partial charge in [-0.25, -0.2) is 4.79 Å². The van der Waals surface area contributed by atoms with Crippen LogP contribution in [0.25, 0.3) is 0 Å². The SMILES string of the molecule is CCCC1CCN(C(=O)N2CCCCC2CC(=O)O)C1. The van der Waals surface area contributed by atoms with Crippen molar-refractivity contribution >= 4 is 12.0 Å². The molecule has 0 aliphatic carbocycles. The predicted octanol–water partition coefficient (Wildman–Crippen LogP) is 2.56. The third kappa shape index (κ3) is 3.64. The second-order valence-electron chi connectivity index (χ2n) is 6.11. The van der Waals surface area contributed by atoms with E-state index < -0.39 is 5.97 Å². The van der Waals surface area contributed by atoms with Gasteiger partial charge >= 0.3 is 12.0 Å². The molecular formula is C15H26N2O3. The molecule has 2 rings (SSSR count). The Balaban J connectivity index is 1.94. The minimum absolute atomic E-state index is 0.0644. The van der Waals surface area contributed by atoms with E-state index in [4.69, 9.17) is 5.11 Å². The number of carbonyl (C=O) groups excluding carboxylic acids is 1. The lowest BCUT2D eigenvalue weighted by Crippen LogP contribution is -2.50. The second-order valence-corrected chi connectivity index (χ2v) is 6.11. The lowest BCUT2D eigenvalue weighted by Gasteiger charge is -2.37. The number of carbonyl (C=O) groups is 2. The van der Waals surface area contributed by atoms with Gasteiger partial charge in [-0.05, 0) is 38.0 Å². The van der Waals surface area contributed by atoms with E-state index in [-0.39, 0.29) is 18.5 Å². The summed E-state index contributed by atoms with van der Waals surface area (Å²) in [5, 5.41) is 8.99. The molecule has 0 saturated carbocycles. The number of rotatable bonds is 4. The molecule has 2 atom stereocenters. The van der Waals surface area contributed by atoms with Gasteiger partial charge in [0.15, 0.2) is 0 Å². The van der Waals surface area contributed by atoms with Crippen LogP contribution >= 0.6 is 0 Å². The summed E-state index contributed by atoms with van der Waals surface area (Å²) in [6.45, 7) is 4.58. The first-order valence-electron chi connectivity index (χ1n) is 7.89. The van der Waals surface area contributed by atoms with Crippen molar-refractivity contribution in [2.24, 2.45) is 5.92 Å². The highest BCUT2D eigenvalue weighted by molar-refractivity contribution is 5.76. The van der Waals surface area contributed by atoms with Crippen molar-refractivity contribution in [3.8, 4) is 0 Å². The van der Waals surface area contributed by atoms with E-state index >= 15 is 0 Å². The summed E-state index contributed by atoms with van der Waals surface area (Å²) in [4.78, 5) is 27.3. The van der Waals surface area contributed by atoms with Crippen molar-refractivity contribution < 1.29 is 14.7 Å². The first-order chi connectivity index (χ1) is 9.61. The molecule has 2 fully saturated rings. The number of carboxylic acid groups (broad SMARTS) is 1. The fourth-order valence-electron chi connectivity index (χ4n) is 3.50. The topological polar surface area (TPSA) is 60.9 Å². The van der Waals surface area contributed by atoms with Crippen LogP contribution in [0.2, 0.25) is 0 Å². The van der Waals surface area contributed by atoms with Crippen LogP contribution in [-0.2, 0) is 4.79 Å². The fraction of sp³-hybridized carbons (Fsp3) is 0.867. The summed E-state index contributed by atoms with van der Waals surface area (Å²) < 4.78 is 0. The third-order valence-corrected chi connectivity index (χ3v) is 4.54. The Labute approximate surface area is 120 Å². The number of amides is 2. The smallest absolute Gasteiger partial charge is 0.320 e. The minimum atomic E-state index is -0.806. The van der Waals surface area contributed by atoms with E-state index in [1.54, 1.807) is 0 Å². The first kappa shape index (κ1) is 15.1. The van der Waals surface area contributed by atoms with Crippen LogP contribution in [0.1, 0.15) is 51.9 Å². The molecule has 114 valence electrons. The Morgan fingerprint density at radius 2 is 2.00 bits per heavy atom. The molecule has 0 spiro atoms. The van der Waals surface area contributed by atoms with Crippen LogP contribution in [0, 0.1) is 5.92 Å². The molecule has 0 aromatic rings. The summed E-state index contributed by atoms with van der Waals surface area (Å²) in [6.07, 6.45) is 6.37. The largest absolute Gasteiger partial charge is 0.481 e. The number of carboxylic acids is 1. The van der Waals surface area contributed by atoms with Crippen molar-refractivity contribution in [1.82, 2.24) is 9.80 Å². The first-order valence-corrected chi connectivity index (χ1v) is 7.89. The molecule has 2 amide bonds.